The van der Waals surface area contributed by atoms with Gasteiger partial charge < -0.3 is 9.64 Å². The van der Waals surface area contributed by atoms with Gasteiger partial charge in [-0.05, 0) is 48.2 Å². The van der Waals surface area contributed by atoms with Gasteiger partial charge in [0, 0.05) is 30.4 Å². The van der Waals surface area contributed by atoms with Crippen LogP contribution in [-0.4, -0.2) is 52.8 Å². The Kier molecular flexibility index (Phi) is 5.15. The number of carbonyl (C=O) groups excluding carboxylic acids is 2. The van der Waals surface area contributed by atoms with E-state index >= 15 is 0 Å². The molecule has 3 aliphatic rings. The van der Waals surface area contributed by atoms with Crippen LogP contribution in [0.25, 0.3) is 0 Å². The van der Waals surface area contributed by atoms with Gasteiger partial charge in [0.25, 0.3) is 0 Å². The summed E-state index contributed by atoms with van der Waals surface area (Å²) in [5, 5.41) is 0. The Hall–Kier alpha value is -2.54. The molecule has 7 heteroatoms. The summed E-state index contributed by atoms with van der Waals surface area (Å²) in [5.74, 6) is 0.135. The zero-order chi connectivity index (χ0) is 20.7. The highest BCUT2D eigenvalue weighted by molar-refractivity contribution is 8.00. The number of piperidine rings is 1. The SMILES string of the molecule is O=C(CSc1ccc(F)cc1)N1CCC(N2C(=O)O[C@H]3Cc4ccccc4[C@H]32)CC1. The molecule has 2 aromatic rings. The molecular formula is C23H23FN2O3S. The second-order valence-corrected chi connectivity index (χ2v) is 9.08. The van der Waals surface area contributed by atoms with Crippen LogP contribution >= 0.6 is 11.8 Å². The first-order chi connectivity index (χ1) is 14.6. The van der Waals surface area contributed by atoms with Crippen LogP contribution in [0, 0.1) is 5.82 Å². The lowest BCUT2D eigenvalue weighted by atomic mass is 9.99. The molecule has 2 fully saturated rings. The molecule has 0 unspecified atom stereocenters. The molecular weight excluding hydrogens is 403 g/mol. The predicted octanol–water partition coefficient (Wildman–Crippen LogP) is 4.03. The van der Waals surface area contributed by atoms with Crippen molar-refractivity contribution in [3.8, 4) is 0 Å². The number of amides is 2. The van der Waals surface area contributed by atoms with E-state index < -0.39 is 0 Å². The Morgan fingerprint density at radius 3 is 2.60 bits per heavy atom. The number of thioether (sulfide) groups is 1. The molecule has 1 aliphatic carbocycles. The Morgan fingerprint density at radius 1 is 1.10 bits per heavy atom. The molecule has 0 spiro atoms. The number of rotatable bonds is 4. The molecule has 30 heavy (non-hydrogen) atoms. The van der Waals surface area contributed by atoms with Gasteiger partial charge in [0.1, 0.15) is 11.9 Å². The van der Waals surface area contributed by atoms with Crippen molar-refractivity contribution in [1.29, 1.82) is 0 Å². The maximum atomic E-state index is 13.0. The maximum absolute atomic E-state index is 13.0. The number of carbonyl (C=O) groups is 2. The molecule has 2 amide bonds. The highest BCUT2D eigenvalue weighted by Gasteiger charge is 2.50. The normalized spacial score (nSPS) is 23.3. The van der Waals surface area contributed by atoms with Gasteiger partial charge in [0.05, 0.1) is 11.8 Å². The standard InChI is InChI=1S/C23H23FN2O3S/c24-16-5-7-18(8-6-16)30-14-21(27)25-11-9-17(10-12-25)26-22-19-4-2-1-3-15(19)13-20(22)29-23(26)28/h1-8,17,20,22H,9-14H2/t20-,22+/m0/s1. The van der Waals surface area contributed by atoms with E-state index in [0.717, 1.165) is 24.2 Å². The van der Waals surface area contributed by atoms with Crippen molar-refractivity contribution in [3.63, 3.8) is 0 Å². The van der Waals surface area contributed by atoms with Crippen molar-refractivity contribution in [2.45, 2.75) is 42.3 Å². The van der Waals surface area contributed by atoms with Crippen molar-refractivity contribution in [3.05, 3.63) is 65.5 Å². The van der Waals surface area contributed by atoms with E-state index in [1.807, 2.05) is 21.9 Å². The monoisotopic (exact) mass is 426 g/mol. The first kappa shape index (κ1) is 19.4. The highest BCUT2D eigenvalue weighted by Crippen LogP contribution is 2.44. The summed E-state index contributed by atoms with van der Waals surface area (Å²) in [7, 11) is 0. The van der Waals surface area contributed by atoms with Crippen LogP contribution in [0.3, 0.4) is 0 Å². The zero-order valence-electron chi connectivity index (χ0n) is 16.5. The number of ether oxygens (including phenoxy) is 1. The van der Waals surface area contributed by atoms with Gasteiger partial charge in [-0.15, -0.1) is 11.8 Å². The van der Waals surface area contributed by atoms with Gasteiger partial charge in [0.2, 0.25) is 5.91 Å². The van der Waals surface area contributed by atoms with Crippen molar-refractivity contribution >= 4 is 23.8 Å². The predicted molar refractivity (Wildman–Crippen MR) is 112 cm³/mol. The Balaban J connectivity index is 1.19. The minimum atomic E-state index is -0.277. The third kappa shape index (κ3) is 3.55. The summed E-state index contributed by atoms with van der Waals surface area (Å²) in [4.78, 5) is 29.9. The Labute approximate surface area is 179 Å². The largest absolute Gasteiger partial charge is 0.443 e. The minimum absolute atomic E-state index is 0.00465. The number of likely N-dealkylation sites (tertiary alicyclic amines) is 1. The number of hydrogen-bond donors (Lipinski definition) is 0. The fourth-order valence-electron chi connectivity index (χ4n) is 4.81. The lowest BCUT2D eigenvalue weighted by Crippen LogP contribution is -2.48. The molecule has 2 aliphatic heterocycles. The van der Waals surface area contributed by atoms with Gasteiger partial charge in [-0.2, -0.15) is 0 Å². The van der Waals surface area contributed by atoms with Crippen LogP contribution in [0.1, 0.15) is 30.0 Å². The molecule has 2 atom stereocenters. The van der Waals surface area contributed by atoms with Crippen molar-refractivity contribution < 1.29 is 18.7 Å². The Bertz CT molecular complexity index is 959. The smallest absolute Gasteiger partial charge is 0.411 e. The fourth-order valence-corrected chi connectivity index (χ4v) is 5.61. The van der Waals surface area contributed by atoms with Crippen molar-refractivity contribution in [2.75, 3.05) is 18.8 Å². The van der Waals surface area contributed by atoms with Gasteiger partial charge >= 0.3 is 6.09 Å². The number of benzene rings is 2. The second kappa shape index (κ2) is 7.95. The van der Waals surface area contributed by atoms with Crippen molar-refractivity contribution in [2.24, 2.45) is 0 Å². The van der Waals surface area contributed by atoms with Gasteiger partial charge in [-0.3, -0.25) is 9.69 Å². The second-order valence-electron chi connectivity index (χ2n) is 8.03. The summed E-state index contributed by atoms with van der Waals surface area (Å²) < 4.78 is 18.7. The maximum Gasteiger partial charge on any atom is 0.411 e. The van der Waals surface area contributed by atoms with Crippen LogP contribution in [-0.2, 0) is 16.0 Å². The Morgan fingerprint density at radius 2 is 1.83 bits per heavy atom. The number of fused-ring (bicyclic) bond motifs is 3. The fraction of sp³-hybridized carbons (Fsp3) is 0.391. The number of nitrogens with zero attached hydrogens (tertiary/aromatic N) is 2. The topological polar surface area (TPSA) is 49.9 Å². The number of hydrogen-bond acceptors (Lipinski definition) is 4. The molecule has 156 valence electrons. The quantitative estimate of drug-likeness (QED) is 0.693. The zero-order valence-corrected chi connectivity index (χ0v) is 17.3. The van der Waals surface area contributed by atoms with E-state index in [1.54, 1.807) is 12.1 Å². The van der Waals surface area contributed by atoms with E-state index in [0.29, 0.717) is 18.8 Å². The van der Waals surface area contributed by atoms with Crippen molar-refractivity contribution in [1.82, 2.24) is 9.80 Å². The summed E-state index contributed by atoms with van der Waals surface area (Å²) in [6.45, 7) is 1.27. The summed E-state index contributed by atoms with van der Waals surface area (Å²) in [6, 6.07) is 14.5. The molecule has 0 N–H and O–H groups in total. The molecule has 0 radical (unpaired) electrons. The van der Waals surface area contributed by atoms with Gasteiger partial charge in [-0.1, -0.05) is 24.3 Å². The van der Waals surface area contributed by atoms with E-state index in [4.69, 9.17) is 4.74 Å². The van der Waals surface area contributed by atoms with Crippen LogP contribution in [0.2, 0.25) is 0 Å². The summed E-state index contributed by atoms with van der Waals surface area (Å²) in [6.07, 6.45) is 1.97. The molecule has 2 saturated heterocycles. The molecule has 5 nitrogen and oxygen atoms in total. The lowest BCUT2D eigenvalue weighted by Gasteiger charge is -2.38. The molecule has 5 rings (SSSR count). The van der Waals surface area contributed by atoms with E-state index in [9.17, 15) is 14.0 Å². The summed E-state index contributed by atoms with van der Waals surface area (Å²) >= 11 is 1.42. The van der Waals surface area contributed by atoms with Crippen LogP contribution in [0.5, 0.6) is 0 Å². The molecule has 2 heterocycles. The van der Waals surface area contributed by atoms with Crippen LogP contribution in [0.4, 0.5) is 9.18 Å². The van der Waals surface area contributed by atoms with E-state index in [-0.39, 0.29) is 36.0 Å². The average molecular weight is 427 g/mol. The summed E-state index contributed by atoms with van der Waals surface area (Å²) in [5.41, 5.74) is 2.46. The molecule has 0 aromatic heterocycles. The molecule has 0 bridgehead atoms. The molecule has 2 aromatic carbocycles. The lowest BCUT2D eigenvalue weighted by molar-refractivity contribution is -0.129. The first-order valence-corrected chi connectivity index (χ1v) is 11.3. The minimum Gasteiger partial charge on any atom is -0.443 e. The third-order valence-electron chi connectivity index (χ3n) is 6.30. The van der Waals surface area contributed by atoms with Gasteiger partial charge in [0.15, 0.2) is 0 Å². The van der Waals surface area contributed by atoms with Gasteiger partial charge in [-0.25, -0.2) is 9.18 Å². The highest BCUT2D eigenvalue weighted by atomic mass is 32.2. The number of halogens is 1. The van der Waals surface area contributed by atoms with Crippen LogP contribution < -0.4 is 0 Å². The van der Waals surface area contributed by atoms with E-state index in [1.165, 1.54) is 35.0 Å². The van der Waals surface area contributed by atoms with E-state index in [2.05, 4.69) is 12.1 Å². The molecule has 0 saturated carbocycles. The first-order valence-electron chi connectivity index (χ1n) is 10.3. The third-order valence-corrected chi connectivity index (χ3v) is 7.29. The van der Waals surface area contributed by atoms with Crippen LogP contribution in [0.15, 0.2) is 53.4 Å². The average Bonchev–Trinajstić information content (AvgIpc) is 3.27.